The number of aromatic nitrogens is 4. The number of hydrogen-bond acceptors (Lipinski definition) is 5. The smallest absolute Gasteiger partial charge is 0.274 e. The molecule has 2 aromatic heterocycles. The van der Waals surface area contributed by atoms with Crippen LogP contribution in [0.25, 0.3) is 0 Å². The molecule has 3 aromatic rings. The van der Waals surface area contributed by atoms with Crippen LogP contribution in [-0.4, -0.2) is 56.9 Å². The number of fused-ring (bicyclic) bond motifs is 2. The predicted molar refractivity (Wildman–Crippen MR) is 121 cm³/mol. The summed E-state index contributed by atoms with van der Waals surface area (Å²) in [6.07, 6.45) is 3.50. The molecule has 2 aliphatic rings. The molecule has 172 valence electrons. The second-order valence-electron chi connectivity index (χ2n) is 8.50. The van der Waals surface area contributed by atoms with Crippen molar-refractivity contribution < 1.29 is 14.3 Å². The first-order valence-corrected chi connectivity index (χ1v) is 11.4. The molecule has 3 heterocycles. The molecule has 0 unspecified atom stereocenters. The minimum atomic E-state index is -0.215. The summed E-state index contributed by atoms with van der Waals surface area (Å²) in [5.41, 5.74) is 5.88. The molecule has 0 spiro atoms. The molecule has 1 aliphatic heterocycles. The van der Waals surface area contributed by atoms with E-state index < -0.39 is 0 Å². The van der Waals surface area contributed by atoms with Gasteiger partial charge in [-0.05, 0) is 43.9 Å². The van der Waals surface area contributed by atoms with E-state index in [-0.39, 0.29) is 11.8 Å². The van der Waals surface area contributed by atoms with Gasteiger partial charge in [-0.3, -0.25) is 19.4 Å². The van der Waals surface area contributed by atoms with Crippen LogP contribution in [0.15, 0.2) is 24.3 Å². The molecular formula is C24H28N6O3. The fraction of sp³-hybridized carbons (Fsp3) is 0.417. The third-order valence-corrected chi connectivity index (χ3v) is 6.45. The van der Waals surface area contributed by atoms with Crippen molar-refractivity contribution in [3.8, 4) is 5.75 Å². The normalized spacial score (nSPS) is 14.7. The van der Waals surface area contributed by atoms with Crippen molar-refractivity contribution in [2.45, 2.75) is 45.7 Å². The molecule has 9 heteroatoms. The van der Waals surface area contributed by atoms with Gasteiger partial charge >= 0.3 is 0 Å². The number of nitrogens with one attached hydrogen (secondary N) is 2. The van der Waals surface area contributed by atoms with Gasteiger partial charge in [0.05, 0.1) is 20.2 Å². The Bertz CT molecular complexity index is 1210. The maximum Gasteiger partial charge on any atom is 0.274 e. The Labute approximate surface area is 192 Å². The van der Waals surface area contributed by atoms with E-state index in [0.717, 1.165) is 53.1 Å². The lowest BCUT2D eigenvalue weighted by atomic mass is 10.0. The summed E-state index contributed by atoms with van der Waals surface area (Å²) >= 11 is 0. The van der Waals surface area contributed by atoms with Crippen molar-refractivity contribution in [3.63, 3.8) is 0 Å². The van der Waals surface area contributed by atoms with Gasteiger partial charge in [0.25, 0.3) is 11.8 Å². The van der Waals surface area contributed by atoms with Crippen molar-refractivity contribution in [2.24, 2.45) is 0 Å². The highest BCUT2D eigenvalue weighted by atomic mass is 16.5. The Morgan fingerprint density at radius 3 is 2.88 bits per heavy atom. The average molecular weight is 449 g/mol. The van der Waals surface area contributed by atoms with Crippen LogP contribution in [0.4, 0.5) is 0 Å². The zero-order valence-corrected chi connectivity index (χ0v) is 19.0. The molecule has 0 fully saturated rings. The zero-order chi connectivity index (χ0) is 22.9. The monoisotopic (exact) mass is 448 g/mol. The number of H-pyrrole nitrogens is 1. The molecule has 5 rings (SSSR count). The largest absolute Gasteiger partial charge is 0.497 e. The van der Waals surface area contributed by atoms with Crippen LogP contribution >= 0.6 is 0 Å². The fourth-order valence-electron chi connectivity index (χ4n) is 4.81. The van der Waals surface area contributed by atoms with E-state index in [1.165, 1.54) is 0 Å². The van der Waals surface area contributed by atoms with Crippen LogP contribution in [0.3, 0.4) is 0 Å². The van der Waals surface area contributed by atoms with Gasteiger partial charge in [-0.1, -0.05) is 12.1 Å². The highest BCUT2D eigenvalue weighted by Gasteiger charge is 2.33. The molecule has 0 bridgehead atoms. The van der Waals surface area contributed by atoms with Crippen LogP contribution in [0, 0.1) is 0 Å². The fourth-order valence-corrected chi connectivity index (χ4v) is 4.81. The summed E-state index contributed by atoms with van der Waals surface area (Å²) in [5, 5.41) is 14.9. The lowest BCUT2D eigenvalue weighted by Gasteiger charge is -2.27. The van der Waals surface area contributed by atoms with E-state index in [4.69, 9.17) is 4.74 Å². The van der Waals surface area contributed by atoms with Crippen LogP contribution in [0.2, 0.25) is 0 Å². The van der Waals surface area contributed by atoms with Gasteiger partial charge in [-0.15, -0.1) is 0 Å². The van der Waals surface area contributed by atoms with Gasteiger partial charge < -0.3 is 15.0 Å². The number of aromatic amines is 1. The van der Waals surface area contributed by atoms with E-state index in [2.05, 4.69) is 20.6 Å². The number of rotatable bonds is 6. The minimum Gasteiger partial charge on any atom is -0.497 e. The van der Waals surface area contributed by atoms with Crippen LogP contribution in [0.1, 0.15) is 62.4 Å². The molecule has 9 nitrogen and oxygen atoms in total. The quantitative estimate of drug-likeness (QED) is 0.601. The Kier molecular flexibility index (Phi) is 5.62. The average Bonchev–Trinajstić information content (AvgIpc) is 3.54. The molecule has 0 radical (unpaired) electrons. The van der Waals surface area contributed by atoms with Gasteiger partial charge in [0.1, 0.15) is 5.75 Å². The standard InChI is InChI=1S/C24H28N6O3/c1-3-25-23(31)21-18-14-29(24(32)22-17-8-5-9-19(17)26-27-22)11-10-20(18)30(28-21)13-15-6-4-7-16(12-15)33-2/h4,6-7,12H,3,5,8-11,13-14H2,1-2H3,(H,25,31)(H,26,27). The maximum atomic E-state index is 13.3. The second-order valence-corrected chi connectivity index (χ2v) is 8.50. The molecule has 1 aromatic carbocycles. The van der Waals surface area contributed by atoms with Crippen molar-refractivity contribution in [1.29, 1.82) is 0 Å². The molecule has 2 amide bonds. The van der Waals surface area contributed by atoms with Crippen LogP contribution < -0.4 is 10.1 Å². The second kappa shape index (κ2) is 8.73. The van der Waals surface area contributed by atoms with Gasteiger partial charge in [0, 0.05) is 42.0 Å². The van der Waals surface area contributed by atoms with Crippen molar-refractivity contribution >= 4 is 11.8 Å². The Morgan fingerprint density at radius 1 is 1.18 bits per heavy atom. The van der Waals surface area contributed by atoms with Gasteiger partial charge in [-0.25, -0.2) is 0 Å². The molecule has 2 N–H and O–H groups in total. The van der Waals surface area contributed by atoms with Crippen molar-refractivity contribution in [3.05, 3.63) is 63.7 Å². The first-order chi connectivity index (χ1) is 16.1. The van der Waals surface area contributed by atoms with Crippen molar-refractivity contribution in [2.75, 3.05) is 20.2 Å². The predicted octanol–water partition coefficient (Wildman–Crippen LogP) is 2.10. The number of hydrogen-bond donors (Lipinski definition) is 2. The van der Waals surface area contributed by atoms with E-state index in [1.54, 1.807) is 12.0 Å². The topological polar surface area (TPSA) is 105 Å². The van der Waals surface area contributed by atoms with Gasteiger partial charge in [0.15, 0.2) is 11.4 Å². The Morgan fingerprint density at radius 2 is 2.06 bits per heavy atom. The number of carbonyl (C=O) groups excluding carboxylic acids is 2. The van der Waals surface area contributed by atoms with Gasteiger partial charge in [-0.2, -0.15) is 10.2 Å². The molecule has 1 aliphatic carbocycles. The molecular weight excluding hydrogens is 420 g/mol. The number of nitrogens with zero attached hydrogens (tertiary/aromatic N) is 4. The third-order valence-electron chi connectivity index (χ3n) is 6.45. The molecule has 0 atom stereocenters. The lowest BCUT2D eigenvalue weighted by Crippen LogP contribution is -2.37. The molecule has 33 heavy (non-hydrogen) atoms. The SMILES string of the molecule is CCNC(=O)c1nn(Cc2cccc(OC)c2)c2c1CN(C(=O)c1n[nH]c3c1CCC3)CC2. The van der Waals surface area contributed by atoms with Gasteiger partial charge in [0.2, 0.25) is 0 Å². The highest BCUT2D eigenvalue weighted by molar-refractivity contribution is 5.96. The number of aryl methyl sites for hydroxylation is 1. The number of carbonyl (C=O) groups is 2. The molecule has 0 saturated carbocycles. The van der Waals surface area contributed by atoms with Crippen molar-refractivity contribution in [1.82, 2.24) is 30.2 Å². The Hall–Kier alpha value is -3.62. The highest BCUT2D eigenvalue weighted by Crippen LogP contribution is 2.28. The minimum absolute atomic E-state index is 0.0811. The first kappa shape index (κ1) is 21.2. The number of methoxy groups -OCH3 is 1. The maximum absolute atomic E-state index is 13.3. The number of ether oxygens (including phenoxy) is 1. The Balaban J connectivity index is 1.45. The first-order valence-electron chi connectivity index (χ1n) is 11.4. The summed E-state index contributed by atoms with van der Waals surface area (Å²) in [4.78, 5) is 27.9. The summed E-state index contributed by atoms with van der Waals surface area (Å²) in [6.45, 7) is 3.83. The lowest BCUT2D eigenvalue weighted by molar-refractivity contribution is 0.0723. The zero-order valence-electron chi connectivity index (χ0n) is 19.0. The number of benzene rings is 1. The number of amides is 2. The van der Waals surface area contributed by atoms with E-state index in [0.29, 0.717) is 44.0 Å². The summed E-state index contributed by atoms with van der Waals surface area (Å²) in [5.74, 6) is 0.483. The van der Waals surface area contributed by atoms with Crippen LogP contribution in [0.5, 0.6) is 5.75 Å². The third kappa shape index (κ3) is 3.88. The summed E-state index contributed by atoms with van der Waals surface area (Å²) < 4.78 is 7.23. The van der Waals surface area contributed by atoms with E-state index in [9.17, 15) is 9.59 Å². The summed E-state index contributed by atoms with van der Waals surface area (Å²) in [6, 6.07) is 7.82. The van der Waals surface area contributed by atoms with E-state index in [1.807, 2.05) is 35.9 Å². The van der Waals surface area contributed by atoms with E-state index >= 15 is 0 Å². The summed E-state index contributed by atoms with van der Waals surface area (Å²) in [7, 11) is 1.64. The van der Waals surface area contributed by atoms with Crippen LogP contribution in [-0.2, 0) is 32.4 Å². The molecule has 0 saturated heterocycles.